The average molecular weight is 481 g/mol. The first kappa shape index (κ1) is 24.2. The zero-order chi connectivity index (χ0) is 24.0. The average Bonchev–Trinajstić information content (AvgIpc) is 3.46. The summed E-state index contributed by atoms with van der Waals surface area (Å²) in [6.07, 6.45) is 1.47. The molecular weight excluding hydrogens is 448 g/mol. The predicted molar refractivity (Wildman–Crippen MR) is 120 cm³/mol. The van der Waals surface area contributed by atoms with Gasteiger partial charge in [-0.25, -0.2) is 10.7 Å². The molecule has 4 rings (SSSR count). The van der Waals surface area contributed by atoms with E-state index in [0.717, 1.165) is 0 Å². The van der Waals surface area contributed by atoms with Crippen LogP contribution in [0.4, 0.5) is 0 Å². The lowest BCUT2D eigenvalue weighted by Gasteiger charge is -2.47. The fraction of sp³-hybridized carbons (Fsp3) is 0.727. The van der Waals surface area contributed by atoms with Crippen molar-refractivity contribution in [2.45, 2.75) is 63.5 Å². The first-order valence-electron chi connectivity index (χ1n) is 11.5. The number of carbonyl (C=O) groups is 4. The fourth-order valence-corrected chi connectivity index (χ4v) is 7.25. The van der Waals surface area contributed by atoms with E-state index in [1.165, 1.54) is 23.6 Å². The Kier molecular flexibility index (Phi) is 6.86. The molecule has 0 aliphatic carbocycles. The van der Waals surface area contributed by atoms with Crippen LogP contribution in [-0.4, -0.2) is 81.5 Å². The lowest BCUT2D eigenvalue weighted by Crippen LogP contribution is -2.62. The minimum atomic E-state index is -1.11. The van der Waals surface area contributed by atoms with Gasteiger partial charge < -0.3 is 25.0 Å². The zero-order valence-electron chi connectivity index (χ0n) is 19.2. The van der Waals surface area contributed by atoms with Crippen molar-refractivity contribution in [2.24, 2.45) is 23.7 Å². The van der Waals surface area contributed by atoms with Crippen molar-refractivity contribution in [1.82, 2.24) is 15.1 Å². The van der Waals surface area contributed by atoms with Crippen LogP contribution in [0.1, 0.15) is 40.0 Å². The first-order chi connectivity index (χ1) is 15.6. The van der Waals surface area contributed by atoms with Crippen LogP contribution < -0.4 is 11.2 Å². The number of likely N-dealkylation sites (tertiary alicyclic amines) is 1. The third-order valence-corrected chi connectivity index (χ3v) is 8.86. The number of nitrogens with zero attached hydrogens (tertiary/aromatic N) is 2. The zero-order valence-corrected chi connectivity index (χ0v) is 20.0. The number of thioether (sulfide) groups is 1. The van der Waals surface area contributed by atoms with E-state index in [2.05, 4.69) is 5.32 Å². The number of aliphatic carboxylic acids is 1. The monoisotopic (exact) mass is 480 g/mol. The second kappa shape index (κ2) is 9.36. The molecule has 0 bridgehead atoms. The summed E-state index contributed by atoms with van der Waals surface area (Å²) in [5.74, 6) is 3.36. The van der Waals surface area contributed by atoms with Gasteiger partial charge in [-0.3, -0.25) is 14.4 Å². The highest BCUT2D eigenvalue weighted by atomic mass is 32.2. The van der Waals surface area contributed by atoms with Crippen LogP contribution in [0.3, 0.4) is 0 Å². The largest absolute Gasteiger partial charge is 0.477 e. The summed E-state index contributed by atoms with van der Waals surface area (Å²) in [4.78, 5) is 58.1. The Morgan fingerprint density at radius 3 is 2.70 bits per heavy atom. The second-order valence-electron chi connectivity index (χ2n) is 9.68. The number of ketones is 1. The molecule has 10 nitrogen and oxygen atoms in total. The van der Waals surface area contributed by atoms with Gasteiger partial charge in [-0.05, 0) is 25.7 Å². The summed E-state index contributed by atoms with van der Waals surface area (Å²) in [5.41, 5.74) is 0.0611. The Balaban J connectivity index is 1.43. The first-order valence-corrected chi connectivity index (χ1v) is 12.4. The Morgan fingerprint density at radius 2 is 2.09 bits per heavy atom. The maximum Gasteiger partial charge on any atom is 0.353 e. The van der Waals surface area contributed by atoms with Gasteiger partial charge in [0.1, 0.15) is 11.5 Å². The van der Waals surface area contributed by atoms with Crippen molar-refractivity contribution in [3.63, 3.8) is 0 Å². The molecule has 182 valence electrons. The van der Waals surface area contributed by atoms with E-state index >= 15 is 0 Å². The van der Waals surface area contributed by atoms with Crippen LogP contribution >= 0.6 is 11.8 Å². The van der Waals surface area contributed by atoms with E-state index in [1.54, 1.807) is 4.90 Å². The van der Waals surface area contributed by atoms with Crippen molar-refractivity contribution in [3.05, 3.63) is 10.6 Å². The molecule has 0 unspecified atom stereocenters. The highest BCUT2D eigenvalue weighted by molar-refractivity contribution is 8.03. The molecule has 4 heterocycles. The number of nitrogens with one attached hydrogen (secondary N) is 1. The van der Waals surface area contributed by atoms with E-state index in [4.69, 9.17) is 10.7 Å². The number of hydrogen-bond acceptors (Lipinski definition) is 8. The second-order valence-corrected chi connectivity index (χ2v) is 11.0. The molecule has 33 heavy (non-hydrogen) atoms. The van der Waals surface area contributed by atoms with E-state index < -0.39 is 5.97 Å². The Labute approximate surface area is 197 Å². The summed E-state index contributed by atoms with van der Waals surface area (Å²) in [6.45, 7) is 7.02. The number of β-lactam (4-membered cyclic amide) rings is 1. The lowest BCUT2D eigenvalue weighted by molar-refractivity contribution is -0.160. The van der Waals surface area contributed by atoms with Gasteiger partial charge in [0.2, 0.25) is 11.8 Å². The molecule has 3 fully saturated rings. The van der Waals surface area contributed by atoms with Gasteiger partial charge in [0.05, 0.1) is 24.1 Å². The molecule has 3 saturated heterocycles. The van der Waals surface area contributed by atoms with Gasteiger partial charge in [-0.15, -0.1) is 11.8 Å². The molecule has 7 atom stereocenters. The number of fused-ring (bicyclic) bond motifs is 1. The fourth-order valence-electron chi connectivity index (χ4n) is 5.77. The summed E-state index contributed by atoms with van der Waals surface area (Å²) in [7, 11) is 0. The van der Waals surface area contributed by atoms with Crippen molar-refractivity contribution < 1.29 is 29.1 Å². The smallest absolute Gasteiger partial charge is 0.353 e. The van der Waals surface area contributed by atoms with Gasteiger partial charge in [0.25, 0.3) is 0 Å². The van der Waals surface area contributed by atoms with Crippen LogP contribution in [-0.2, 0) is 24.0 Å². The number of carboxylic acids is 1. The molecule has 0 saturated carbocycles. The van der Waals surface area contributed by atoms with Crippen LogP contribution in [0.5, 0.6) is 0 Å². The van der Waals surface area contributed by atoms with Crippen molar-refractivity contribution in [1.29, 1.82) is 0 Å². The van der Waals surface area contributed by atoms with Crippen molar-refractivity contribution in [2.75, 3.05) is 19.6 Å². The molecule has 11 heteroatoms. The highest BCUT2D eigenvalue weighted by Crippen LogP contribution is 2.53. The standard InChI is InChI=1S/C22H32N4O6S/c1-10(6-11(2)27)16-17-12(3)19(18(22(30)31)26(17)21(16)29)33-14-7-15(24-8-14)20(28)25-5-4-13(9-25)32-23/h10,12-17,24H,4-9,23H2,1-3H3,(H,30,31)/t10-,12+,13+,14-,15-,16+,17+/m0/s1. The molecule has 0 spiro atoms. The lowest BCUT2D eigenvalue weighted by atomic mass is 9.73. The number of nitrogens with two attached hydrogens (primary N) is 1. The number of carbonyl (C=O) groups excluding carboxylic acids is 3. The van der Waals surface area contributed by atoms with E-state index in [0.29, 0.717) is 43.8 Å². The van der Waals surface area contributed by atoms with Crippen LogP contribution in [0, 0.1) is 17.8 Å². The molecule has 0 aromatic heterocycles. The van der Waals surface area contributed by atoms with Crippen molar-refractivity contribution in [3.8, 4) is 0 Å². The van der Waals surface area contributed by atoms with Gasteiger partial charge in [0.15, 0.2) is 0 Å². The van der Waals surface area contributed by atoms with E-state index in [-0.39, 0.29) is 64.5 Å². The van der Waals surface area contributed by atoms with Crippen LogP contribution in [0.2, 0.25) is 0 Å². The molecular formula is C22H32N4O6S. The molecule has 4 aliphatic heterocycles. The van der Waals surface area contributed by atoms with Gasteiger partial charge in [-0.2, -0.15) is 0 Å². The predicted octanol–water partition coefficient (Wildman–Crippen LogP) is 0.329. The SMILES string of the molecule is CC(=O)C[C@H](C)[C@H]1C(=O)N2C(C(=O)O)=C(S[C@@H]3CN[C@H](C(=O)N4CC[C@@H](ON)C4)C3)[C@H](C)[C@H]12. The highest BCUT2D eigenvalue weighted by Gasteiger charge is 2.60. The summed E-state index contributed by atoms with van der Waals surface area (Å²) >= 11 is 1.47. The Morgan fingerprint density at radius 1 is 1.36 bits per heavy atom. The summed E-state index contributed by atoms with van der Waals surface area (Å²) in [5, 5.41) is 13.2. The third kappa shape index (κ3) is 4.31. The van der Waals surface area contributed by atoms with E-state index in [1.807, 2.05) is 13.8 Å². The molecule has 0 aromatic carbocycles. The van der Waals surface area contributed by atoms with E-state index in [9.17, 15) is 24.3 Å². The number of hydrogen-bond donors (Lipinski definition) is 3. The third-order valence-electron chi connectivity index (χ3n) is 7.35. The molecule has 4 N–H and O–H groups in total. The Hall–Kier alpha value is -1.95. The van der Waals surface area contributed by atoms with Crippen LogP contribution in [0.25, 0.3) is 0 Å². The molecule has 0 radical (unpaired) electrons. The minimum Gasteiger partial charge on any atom is -0.477 e. The summed E-state index contributed by atoms with van der Waals surface area (Å²) < 4.78 is 0. The number of Topliss-reactive ketones (excluding diaryl/α,β-unsaturated/α-hetero) is 1. The van der Waals surface area contributed by atoms with Crippen LogP contribution in [0.15, 0.2) is 10.6 Å². The quantitative estimate of drug-likeness (QED) is 0.331. The van der Waals surface area contributed by atoms with Gasteiger partial charge >= 0.3 is 5.97 Å². The topological polar surface area (TPSA) is 142 Å². The van der Waals surface area contributed by atoms with Gasteiger partial charge in [0, 0.05) is 42.1 Å². The number of carboxylic acid groups (broad SMARTS) is 1. The molecule has 0 aromatic rings. The van der Waals surface area contributed by atoms with Gasteiger partial charge in [-0.1, -0.05) is 13.8 Å². The number of amides is 2. The van der Waals surface area contributed by atoms with Crippen molar-refractivity contribution >= 4 is 35.3 Å². The summed E-state index contributed by atoms with van der Waals surface area (Å²) in [6, 6.07) is -0.559. The molecule has 4 aliphatic rings. The molecule has 2 amide bonds. The maximum atomic E-state index is 12.9. The maximum absolute atomic E-state index is 12.9. The minimum absolute atomic E-state index is 0.0154. The number of rotatable bonds is 8. The normalized spacial score (nSPS) is 34.5. The Bertz CT molecular complexity index is 894.